The number of allylic oxidation sites excluding steroid dienone is 4. The number of hydrogen-bond donors (Lipinski definition) is 0. The molecule has 0 saturated heterocycles. The van der Waals surface area contributed by atoms with Gasteiger partial charge in [-0.1, -0.05) is 56.0 Å². The first-order valence-electron chi connectivity index (χ1n) is 6.40. The zero-order valence-electron chi connectivity index (χ0n) is 11.3. The van der Waals surface area contributed by atoms with E-state index in [0.29, 0.717) is 5.92 Å². The molecule has 0 fully saturated rings. The third-order valence-electron chi connectivity index (χ3n) is 3.87. The average molecular weight is 407 g/mol. The van der Waals surface area contributed by atoms with Gasteiger partial charge in [-0.05, 0) is 22.3 Å². The SMILES string of the molecule is C.[C-]1=C(C2c3ccccc3-c3ccccc32)C=CC1.[Cl-].[Cl-].[Zr+3]. The van der Waals surface area contributed by atoms with Gasteiger partial charge in [-0.25, -0.2) is 11.6 Å². The van der Waals surface area contributed by atoms with Crippen molar-refractivity contribution in [2.75, 3.05) is 0 Å². The molecule has 0 saturated carbocycles. The van der Waals surface area contributed by atoms with Crippen molar-refractivity contribution in [2.24, 2.45) is 0 Å². The standard InChI is InChI=1S/C18H13.CH4.2ClH.Zr/c1-2-8-13(7-1)18-16-11-5-3-9-14(16)15-10-4-6-12-17(15)18;;;;/h1,3-7,9-12,18H,2H2;1H4;2*1H;/q-1;;;;+3/p-2. The molecule has 2 aromatic rings. The first kappa shape index (κ1) is 21.4. The van der Waals surface area contributed by atoms with E-state index in [0.717, 1.165) is 6.42 Å². The summed E-state index contributed by atoms with van der Waals surface area (Å²) in [6, 6.07) is 17.5. The van der Waals surface area contributed by atoms with E-state index in [1.54, 1.807) is 0 Å². The van der Waals surface area contributed by atoms with Crippen LogP contribution in [0.3, 0.4) is 0 Å². The molecule has 111 valence electrons. The molecular weight excluding hydrogens is 390 g/mol. The summed E-state index contributed by atoms with van der Waals surface area (Å²) in [5.41, 5.74) is 6.94. The van der Waals surface area contributed by atoms with Gasteiger partial charge in [-0.15, -0.1) is 6.42 Å². The average Bonchev–Trinajstić information content (AvgIpc) is 3.03. The number of rotatable bonds is 1. The summed E-state index contributed by atoms with van der Waals surface area (Å²) in [6.45, 7) is 0. The third-order valence-corrected chi connectivity index (χ3v) is 3.87. The predicted molar refractivity (Wildman–Crippen MR) is 81.0 cm³/mol. The van der Waals surface area contributed by atoms with E-state index in [9.17, 15) is 0 Å². The molecule has 22 heavy (non-hydrogen) atoms. The van der Waals surface area contributed by atoms with Gasteiger partial charge in [0, 0.05) is 5.92 Å². The van der Waals surface area contributed by atoms with E-state index in [4.69, 9.17) is 0 Å². The van der Waals surface area contributed by atoms with Gasteiger partial charge in [0.05, 0.1) is 0 Å². The van der Waals surface area contributed by atoms with Crippen LogP contribution >= 0.6 is 0 Å². The van der Waals surface area contributed by atoms with Crippen LogP contribution in [0.5, 0.6) is 0 Å². The Bertz CT molecular complexity index is 644. The summed E-state index contributed by atoms with van der Waals surface area (Å²) in [5.74, 6) is 0.385. The quantitative estimate of drug-likeness (QED) is 0.540. The zero-order valence-corrected chi connectivity index (χ0v) is 15.3. The Balaban J connectivity index is 0.00000110. The van der Waals surface area contributed by atoms with Crippen LogP contribution in [0.15, 0.2) is 66.3 Å². The fraction of sp³-hybridized carbons (Fsp3) is 0.158. The predicted octanol–water partition coefficient (Wildman–Crippen LogP) is -0.870. The molecule has 2 aliphatic rings. The molecule has 0 bridgehead atoms. The molecule has 0 aliphatic heterocycles. The van der Waals surface area contributed by atoms with Gasteiger partial charge in [0.1, 0.15) is 0 Å². The minimum Gasteiger partial charge on any atom is -1.00 e. The van der Waals surface area contributed by atoms with Gasteiger partial charge >= 0.3 is 26.2 Å². The summed E-state index contributed by atoms with van der Waals surface area (Å²) in [6.07, 6.45) is 8.86. The van der Waals surface area contributed by atoms with Crippen LogP contribution in [0.1, 0.15) is 30.9 Å². The Labute approximate surface area is 164 Å². The van der Waals surface area contributed by atoms with Crippen LogP contribution in [0.25, 0.3) is 11.1 Å². The Hall–Kier alpha value is -0.617. The second-order valence-corrected chi connectivity index (χ2v) is 4.85. The van der Waals surface area contributed by atoms with Gasteiger partial charge in [0.25, 0.3) is 0 Å². The minimum atomic E-state index is 0. The van der Waals surface area contributed by atoms with E-state index >= 15 is 0 Å². The fourth-order valence-electron chi connectivity index (χ4n) is 3.11. The van der Waals surface area contributed by atoms with Crippen molar-refractivity contribution >= 4 is 0 Å². The van der Waals surface area contributed by atoms with Crippen molar-refractivity contribution in [1.29, 1.82) is 0 Å². The van der Waals surface area contributed by atoms with E-state index in [1.165, 1.54) is 27.8 Å². The first-order chi connectivity index (χ1) is 8.95. The van der Waals surface area contributed by atoms with Crippen LogP contribution in [-0.2, 0) is 26.2 Å². The number of benzene rings is 2. The normalized spacial score (nSPS) is 13.5. The molecule has 3 heteroatoms. The molecule has 0 atom stereocenters. The van der Waals surface area contributed by atoms with Crippen molar-refractivity contribution in [2.45, 2.75) is 19.8 Å². The van der Waals surface area contributed by atoms with Gasteiger partial charge in [0.15, 0.2) is 0 Å². The van der Waals surface area contributed by atoms with Gasteiger partial charge in [-0.2, -0.15) is 6.08 Å². The van der Waals surface area contributed by atoms with Crippen LogP contribution in [0, 0.1) is 6.08 Å². The topological polar surface area (TPSA) is 0 Å². The van der Waals surface area contributed by atoms with Gasteiger partial charge in [0.2, 0.25) is 0 Å². The molecule has 0 spiro atoms. The van der Waals surface area contributed by atoms with Gasteiger partial charge < -0.3 is 24.8 Å². The van der Waals surface area contributed by atoms with Crippen molar-refractivity contribution < 1.29 is 51.0 Å². The second-order valence-electron chi connectivity index (χ2n) is 4.85. The third kappa shape index (κ3) is 3.33. The smallest absolute Gasteiger partial charge is 1.00 e. The molecule has 0 heterocycles. The summed E-state index contributed by atoms with van der Waals surface area (Å²) < 4.78 is 0. The molecule has 0 unspecified atom stereocenters. The fourth-order valence-corrected chi connectivity index (χ4v) is 3.11. The molecule has 0 nitrogen and oxygen atoms in total. The summed E-state index contributed by atoms with van der Waals surface area (Å²) in [7, 11) is 0. The number of fused-ring (bicyclic) bond motifs is 3. The minimum absolute atomic E-state index is 0. The van der Waals surface area contributed by atoms with Crippen molar-refractivity contribution in [1.82, 2.24) is 0 Å². The maximum atomic E-state index is 3.49. The van der Waals surface area contributed by atoms with Crippen LogP contribution < -0.4 is 24.8 Å². The van der Waals surface area contributed by atoms with E-state index in [-0.39, 0.29) is 58.4 Å². The molecule has 2 aromatic carbocycles. The maximum absolute atomic E-state index is 3.49. The molecule has 0 aromatic heterocycles. The maximum Gasteiger partial charge on any atom is 3.00 e. The molecule has 0 amide bonds. The van der Waals surface area contributed by atoms with Crippen molar-refractivity contribution in [3.8, 4) is 11.1 Å². The Morgan fingerprint density at radius 3 is 1.77 bits per heavy atom. The van der Waals surface area contributed by atoms with E-state index < -0.39 is 0 Å². The van der Waals surface area contributed by atoms with Crippen molar-refractivity contribution in [3.05, 3.63) is 83.5 Å². The molecule has 2 aliphatic carbocycles. The molecular formula is C19H17Cl2Zr. The second kappa shape index (κ2) is 8.87. The van der Waals surface area contributed by atoms with Gasteiger partial charge in [-0.3, -0.25) is 6.08 Å². The Morgan fingerprint density at radius 1 is 0.818 bits per heavy atom. The largest absolute Gasteiger partial charge is 3.00 e. The summed E-state index contributed by atoms with van der Waals surface area (Å²) >= 11 is 0. The van der Waals surface area contributed by atoms with Crippen LogP contribution in [-0.4, -0.2) is 0 Å². The van der Waals surface area contributed by atoms with Crippen LogP contribution in [0.2, 0.25) is 0 Å². The van der Waals surface area contributed by atoms with E-state index in [2.05, 4.69) is 66.8 Å². The molecule has 4 rings (SSSR count). The monoisotopic (exact) mass is 405 g/mol. The first-order valence-corrected chi connectivity index (χ1v) is 6.40. The number of hydrogen-bond acceptors (Lipinski definition) is 0. The van der Waals surface area contributed by atoms with Crippen molar-refractivity contribution in [3.63, 3.8) is 0 Å². The summed E-state index contributed by atoms with van der Waals surface area (Å²) in [5, 5.41) is 0. The van der Waals surface area contributed by atoms with E-state index in [1.807, 2.05) is 0 Å². The van der Waals surface area contributed by atoms with Crippen LogP contribution in [0.4, 0.5) is 0 Å². The molecule has 1 radical (unpaired) electrons. The molecule has 0 N–H and O–H groups in total. The zero-order chi connectivity index (χ0) is 11.9. The summed E-state index contributed by atoms with van der Waals surface area (Å²) in [4.78, 5) is 0. The Morgan fingerprint density at radius 2 is 1.32 bits per heavy atom. The number of halogens is 2. The Kier molecular flexibility index (Phi) is 8.62.